The highest BCUT2D eigenvalue weighted by Gasteiger charge is 2.50. The number of aromatic nitrogens is 2. The summed E-state index contributed by atoms with van der Waals surface area (Å²) in [6.07, 6.45) is 0.440. The molecule has 0 aromatic carbocycles. The molecule has 0 saturated heterocycles. The van der Waals surface area contributed by atoms with E-state index in [1.807, 2.05) is 0 Å². The number of rotatable bonds is 5. The van der Waals surface area contributed by atoms with E-state index < -0.39 is 36.5 Å². The molecule has 3 atom stereocenters. The number of nitrogens with two attached hydrogens (primary N) is 1. The maximum atomic E-state index is 13.9. The summed E-state index contributed by atoms with van der Waals surface area (Å²) in [5, 5.41) is 27.8. The van der Waals surface area contributed by atoms with Crippen LogP contribution >= 0.6 is 0 Å². The van der Waals surface area contributed by atoms with E-state index in [0.29, 0.717) is 0 Å². The van der Waals surface area contributed by atoms with Crippen LogP contribution in [-0.2, 0) is 0 Å². The molecule has 0 radical (unpaired) electrons. The lowest BCUT2D eigenvalue weighted by Gasteiger charge is -2.30. The fourth-order valence-electron chi connectivity index (χ4n) is 1.46. The summed E-state index contributed by atoms with van der Waals surface area (Å²) < 4.78 is 28.0. The van der Waals surface area contributed by atoms with Gasteiger partial charge >= 0.3 is 11.6 Å². The first-order chi connectivity index (χ1) is 9.25. The van der Waals surface area contributed by atoms with Crippen molar-refractivity contribution in [2.45, 2.75) is 18.3 Å². The van der Waals surface area contributed by atoms with Crippen LogP contribution in [0.3, 0.4) is 0 Å². The Kier molecular flexibility index (Phi) is 4.78. The molecule has 0 spiro atoms. The molecule has 0 bridgehead atoms. The van der Waals surface area contributed by atoms with E-state index in [2.05, 4.69) is 4.98 Å². The normalized spacial score (nSPS) is 16.2. The molecule has 0 aliphatic rings. The van der Waals surface area contributed by atoms with Crippen molar-refractivity contribution in [2.24, 2.45) is 5.92 Å². The number of hydrogen-bond acceptors (Lipinski definition) is 6. The van der Waals surface area contributed by atoms with Crippen molar-refractivity contribution in [3.05, 3.63) is 22.7 Å². The molecule has 1 heterocycles. The van der Waals surface area contributed by atoms with Crippen LogP contribution in [0.2, 0.25) is 0 Å². The number of anilines is 1. The van der Waals surface area contributed by atoms with Gasteiger partial charge in [0, 0.05) is 6.20 Å². The molecule has 7 nitrogen and oxygen atoms in total. The largest absolute Gasteiger partial charge is 0.395 e. The van der Waals surface area contributed by atoms with Crippen LogP contribution in [0.15, 0.2) is 17.1 Å². The molecule has 0 aliphatic carbocycles. The molecular formula is C11H13F2N3O4. The number of aliphatic hydroxyl groups excluding tert-OH is 3. The van der Waals surface area contributed by atoms with Gasteiger partial charge in [0.2, 0.25) is 6.23 Å². The van der Waals surface area contributed by atoms with Crippen molar-refractivity contribution in [1.29, 1.82) is 0 Å². The van der Waals surface area contributed by atoms with Crippen LogP contribution in [0.4, 0.5) is 14.6 Å². The zero-order valence-corrected chi connectivity index (χ0v) is 10.1. The van der Waals surface area contributed by atoms with Gasteiger partial charge in [-0.15, -0.1) is 6.42 Å². The molecule has 20 heavy (non-hydrogen) atoms. The molecule has 0 saturated carbocycles. The van der Waals surface area contributed by atoms with E-state index in [4.69, 9.17) is 17.3 Å². The Hall–Kier alpha value is -2.02. The quantitative estimate of drug-likeness (QED) is 0.492. The van der Waals surface area contributed by atoms with Gasteiger partial charge in [-0.1, -0.05) is 5.92 Å². The van der Waals surface area contributed by atoms with Crippen LogP contribution in [0, 0.1) is 18.3 Å². The van der Waals surface area contributed by atoms with E-state index >= 15 is 0 Å². The highest BCUT2D eigenvalue weighted by molar-refractivity contribution is 5.23. The maximum Gasteiger partial charge on any atom is 0.351 e. The maximum absolute atomic E-state index is 13.9. The Balaban J connectivity index is 3.14. The van der Waals surface area contributed by atoms with Crippen molar-refractivity contribution in [3.8, 4) is 12.3 Å². The molecule has 0 amide bonds. The Morgan fingerprint density at radius 3 is 2.60 bits per heavy atom. The van der Waals surface area contributed by atoms with E-state index in [9.17, 15) is 23.8 Å². The van der Waals surface area contributed by atoms with E-state index in [1.54, 1.807) is 5.92 Å². The smallest absolute Gasteiger partial charge is 0.351 e. The fourth-order valence-corrected chi connectivity index (χ4v) is 1.46. The summed E-state index contributed by atoms with van der Waals surface area (Å²) >= 11 is 0. The number of hydrogen-bond donors (Lipinski definition) is 4. The predicted octanol–water partition coefficient (Wildman–Crippen LogP) is -1.45. The number of nitrogen functional groups attached to an aromatic ring is 1. The van der Waals surface area contributed by atoms with Gasteiger partial charge in [-0.3, -0.25) is 4.57 Å². The molecule has 0 aliphatic heterocycles. The Bertz CT molecular complexity index is 570. The van der Waals surface area contributed by atoms with Crippen molar-refractivity contribution >= 4 is 5.82 Å². The van der Waals surface area contributed by atoms with E-state index in [-0.39, 0.29) is 10.4 Å². The molecule has 1 aromatic rings. The van der Waals surface area contributed by atoms with E-state index in [1.165, 1.54) is 0 Å². The summed E-state index contributed by atoms with van der Waals surface area (Å²) in [6.45, 7) is -0.908. The van der Waals surface area contributed by atoms with E-state index in [0.717, 1.165) is 12.3 Å². The molecule has 5 N–H and O–H groups in total. The van der Waals surface area contributed by atoms with Crippen molar-refractivity contribution in [2.75, 3.05) is 12.3 Å². The van der Waals surface area contributed by atoms with Crippen molar-refractivity contribution in [1.82, 2.24) is 9.55 Å². The monoisotopic (exact) mass is 289 g/mol. The van der Waals surface area contributed by atoms with Gasteiger partial charge < -0.3 is 21.1 Å². The molecule has 0 fully saturated rings. The van der Waals surface area contributed by atoms with Crippen LogP contribution in [0.5, 0.6) is 0 Å². The number of nitrogens with zero attached hydrogens (tertiary/aromatic N) is 2. The first kappa shape index (κ1) is 16.0. The average Bonchev–Trinajstić information content (AvgIpc) is 2.39. The average molecular weight is 289 g/mol. The highest BCUT2D eigenvalue weighted by Crippen LogP contribution is 2.33. The van der Waals surface area contributed by atoms with Crippen molar-refractivity contribution < 1.29 is 24.1 Å². The van der Waals surface area contributed by atoms with Gasteiger partial charge in [0.1, 0.15) is 11.9 Å². The van der Waals surface area contributed by atoms with Crippen LogP contribution in [-0.4, -0.2) is 43.5 Å². The number of terminal acetylenes is 1. The second-order valence-corrected chi connectivity index (χ2v) is 3.99. The second-order valence-electron chi connectivity index (χ2n) is 3.99. The Morgan fingerprint density at radius 1 is 1.55 bits per heavy atom. The van der Waals surface area contributed by atoms with Gasteiger partial charge in [0.05, 0.1) is 12.5 Å². The minimum atomic E-state index is -4.18. The highest BCUT2D eigenvalue weighted by atomic mass is 19.3. The lowest BCUT2D eigenvalue weighted by Crippen LogP contribution is -2.49. The SMILES string of the molecule is C#C[C@@H](CO)[C@@H](O)C(F)(F)[C@@H](O)n1ccc(N)nc1=O. The lowest BCUT2D eigenvalue weighted by molar-refractivity contribution is -0.215. The van der Waals surface area contributed by atoms with Gasteiger partial charge in [-0.05, 0) is 6.07 Å². The summed E-state index contributed by atoms with van der Waals surface area (Å²) in [5.74, 6) is -4.21. The first-order valence-corrected chi connectivity index (χ1v) is 5.41. The third kappa shape index (κ3) is 2.93. The zero-order chi connectivity index (χ0) is 15.5. The fraction of sp³-hybridized carbons (Fsp3) is 0.455. The molecule has 9 heteroatoms. The number of aliphatic hydroxyl groups is 3. The minimum absolute atomic E-state index is 0.199. The summed E-state index contributed by atoms with van der Waals surface area (Å²) in [4.78, 5) is 14.5. The second kappa shape index (κ2) is 5.96. The summed E-state index contributed by atoms with van der Waals surface area (Å²) in [7, 11) is 0. The predicted molar refractivity (Wildman–Crippen MR) is 64.5 cm³/mol. The third-order valence-electron chi connectivity index (χ3n) is 2.65. The lowest BCUT2D eigenvalue weighted by atomic mass is 9.97. The molecule has 110 valence electrons. The molecule has 1 rings (SSSR count). The Morgan fingerprint density at radius 2 is 2.15 bits per heavy atom. The van der Waals surface area contributed by atoms with Crippen LogP contribution in [0.1, 0.15) is 6.23 Å². The van der Waals surface area contributed by atoms with Crippen molar-refractivity contribution in [3.63, 3.8) is 0 Å². The van der Waals surface area contributed by atoms with Gasteiger partial charge in [-0.25, -0.2) is 4.79 Å². The molecular weight excluding hydrogens is 276 g/mol. The summed E-state index contributed by atoms with van der Waals surface area (Å²) in [6, 6.07) is 1.03. The third-order valence-corrected chi connectivity index (χ3v) is 2.65. The van der Waals surface area contributed by atoms with Crippen LogP contribution < -0.4 is 11.4 Å². The minimum Gasteiger partial charge on any atom is -0.395 e. The van der Waals surface area contributed by atoms with Gasteiger partial charge in [0.25, 0.3) is 0 Å². The van der Waals surface area contributed by atoms with Gasteiger partial charge in [0.15, 0.2) is 0 Å². The zero-order valence-electron chi connectivity index (χ0n) is 10.1. The first-order valence-electron chi connectivity index (χ1n) is 5.41. The number of alkyl halides is 2. The molecule has 1 aromatic heterocycles. The standard InChI is InChI=1S/C11H13F2N3O4/c1-2-6(5-17)8(18)11(12,13)9(19)16-4-3-7(14)15-10(16)20/h1,3-4,6,8-9,17-19H,5H2,(H2,14,15,20)/t6-,8+,9+/m0/s1. The number of halogens is 2. The topological polar surface area (TPSA) is 122 Å². The summed E-state index contributed by atoms with van der Waals surface area (Å²) in [5.41, 5.74) is 3.97. The van der Waals surface area contributed by atoms with Gasteiger partial charge in [-0.2, -0.15) is 13.8 Å². The van der Waals surface area contributed by atoms with Crippen LogP contribution in [0.25, 0.3) is 0 Å². The Labute approximate surface area is 112 Å². The molecule has 0 unspecified atom stereocenters.